The lowest BCUT2D eigenvalue weighted by atomic mass is 10.2. The molecule has 0 bridgehead atoms. The van der Waals surface area contributed by atoms with Gasteiger partial charge in [-0.3, -0.25) is 9.36 Å². The van der Waals surface area contributed by atoms with Crippen molar-refractivity contribution in [1.29, 1.82) is 0 Å². The molecule has 0 aliphatic carbocycles. The summed E-state index contributed by atoms with van der Waals surface area (Å²) in [5, 5.41) is 14.0. The Morgan fingerprint density at radius 2 is 2.30 bits per heavy atom. The van der Waals surface area contributed by atoms with Crippen LogP contribution in [0.5, 0.6) is 0 Å². The summed E-state index contributed by atoms with van der Waals surface area (Å²) in [6.45, 7) is 3.46. The van der Waals surface area contributed by atoms with Crippen molar-refractivity contribution in [2.75, 3.05) is 11.9 Å². The number of urea groups is 1. The Morgan fingerprint density at radius 1 is 1.43 bits per heavy atom. The summed E-state index contributed by atoms with van der Waals surface area (Å²) in [5.74, 6) is 0. The molecule has 2 aromatic heterocycles. The predicted molar refractivity (Wildman–Crippen MR) is 85.0 cm³/mol. The van der Waals surface area contributed by atoms with E-state index in [0.29, 0.717) is 5.69 Å². The van der Waals surface area contributed by atoms with E-state index in [4.69, 9.17) is 4.74 Å². The number of aromatic nitrogens is 4. The smallest absolute Gasteiger partial charge is 0.319 e. The number of aryl methyl sites for hydroxylation is 1. The first-order valence-electron chi connectivity index (χ1n) is 7.80. The van der Waals surface area contributed by atoms with E-state index in [2.05, 4.69) is 20.8 Å². The molecule has 0 aromatic carbocycles. The Kier molecular flexibility index (Phi) is 4.61. The fourth-order valence-corrected chi connectivity index (χ4v) is 2.64. The van der Waals surface area contributed by atoms with Crippen LogP contribution in [0.1, 0.15) is 31.4 Å². The predicted octanol–water partition coefficient (Wildman–Crippen LogP) is 1.68. The number of ether oxygens (including phenoxy) is 1. The first kappa shape index (κ1) is 15.5. The molecule has 8 nitrogen and oxygen atoms in total. The largest absolute Gasteiger partial charge is 0.376 e. The van der Waals surface area contributed by atoms with Gasteiger partial charge < -0.3 is 15.4 Å². The van der Waals surface area contributed by atoms with E-state index >= 15 is 0 Å². The van der Waals surface area contributed by atoms with Crippen LogP contribution in [-0.4, -0.2) is 38.3 Å². The van der Waals surface area contributed by atoms with Gasteiger partial charge in [0.25, 0.3) is 0 Å². The molecule has 2 atom stereocenters. The number of rotatable bonds is 5. The Bertz CT molecular complexity index is 658. The average Bonchev–Trinajstić information content (AvgIpc) is 3.22. The molecule has 3 heterocycles. The first-order chi connectivity index (χ1) is 11.1. The van der Waals surface area contributed by atoms with Gasteiger partial charge in [0.1, 0.15) is 0 Å². The van der Waals surface area contributed by atoms with E-state index < -0.39 is 0 Å². The number of carbonyl (C=O) groups is 1. The summed E-state index contributed by atoms with van der Waals surface area (Å²) in [6, 6.07) is -0.386. The van der Waals surface area contributed by atoms with Crippen LogP contribution in [0, 0.1) is 0 Å². The van der Waals surface area contributed by atoms with E-state index in [0.717, 1.165) is 31.6 Å². The molecule has 0 radical (unpaired) electrons. The third-order valence-electron chi connectivity index (χ3n) is 3.88. The SMILES string of the molecule is CC(NC(=O)Nc1cnn(CC2CCCO2)c1)c1cnn(C)c1. The lowest BCUT2D eigenvalue weighted by molar-refractivity contribution is 0.0940. The van der Waals surface area contributed by atoms with Crippen LogP contribution in [0.2, 0.25) is 0 Å². The van der Waals surface area contributed by atoms with Crippen LogP contribution in [0.3, 0.4) is 0 Å². The Balaban J connectivity index is 1.50. The van der Waals surface area contributed by atoms with Crippen molar-refractivity contribution in [3.63, 3.8) is 0 Å². The fourth-order valence-electron chi connectivity index (χ4n) is 2.64. The standard InChI is InChI=1S/C15H22N6O2/c1-11(12-6-16-20(2)8-12)18-15(22)19-13-7-17-21(9-13)10-14-4-3-5-23-14/h6-9,11,14H,3-5,10H2,1-2H3,(H2,18,19,22). The minimum atomic E-state index is -0.266. The van der Waals surface area contributed by atoms with Gasteiger partial charge in [0.15, 0.2) is 0 Å². The molecule has 2 amide bonds. The summed E-state index contributed by atoms with van der Waals surface area (Å²) in [4.78, 5) is 12.0. The lowest BCUT2D eigenvalue weighted by Crippen LogP contribution is -2.30. The van der Waals surface area contributed by atoms with Crippen LogP contribution in [0.15, 0.2) is 24.8 Å². The van der Waals surface area contributed by atoms with E-state index in [1.54, 1.807) is 21.8 Å². The maximum atomic E-state index is 12.0. The van der Waals surface area contributed by atoms with E-state index in [9.17, 15) is 4.79 Å². The monoisotopic (exact) mass is 318 g/mol. The maximum Gasteiger partial charge on any atom is 0.319 e. The van der Waals surface area contributed by atoms with Crippen molar-refractivity contribution in [1.82, 2.24) is 24.9 Å². The van der Waals surface area contributed by atoms with Crippen molar-refractivity contribution in [3.8, 4) is 0 Å². The van der Waals surface area contributed by atoms with Gasteiger partial charge in [-0.1, -0.05) is 0 Å². The molecule has 2 N–H and O–H groups in total. The van der Waals surface area contributed by atoms with Crippen molar-refractivity contribution in [2.45, 2.75) is 38.5 Å². The van der Waals surface area contributed by atoms with Crippen molar-refractivity contribution in [2.24, 2.45) is 7.05 Å². The highest BCUT2D eigenvalue weighted by molar-refractivity contribution is 5.89. The Labute approximate surface area is 134 Å². The van der Waals surface area contributed by atoms with Crippen LogP contribution in [0.4, 0.5) is 10.5 Å². The molecule has 0 saturated carbocycles. The summed E-state index contributed by atoms with van der Waals surface area (Å²) < 4.78 is 9.09. The molecule has 1 saturated heterocycles. The molecule has 2 unspecified atom stereocenters. The van der Waals surface area contributed by atoms with Gasteiger partial charge >= 0.3 is 6.03 Å². The number of nitrogens with one attached hydrogen (secondary N) is 2. The minimum absolute atomic E-state index is 0.120. The highest BCUT2D eigenvalue weighted by atomic mass is 16.5. The summed E-state index contributed by atoms with van der Waals surface area (Å²) in [7, 11) is 1.85. The van der Waals surface area contributed by atoms with Gasteiger partial charge in [0, 0.05) is 31.6 Å². The zero-order valence-corrected chi connectivity index (χ0v) is 13.4. The molecule has 124 valence electrons. The highest BCUT2D eigenvalue weighted by Crippen LogP contribution is 2.15. The number of nitrogens with zero attached hydrogens (tertiary/aromatic N) is 4. The Morgan fingerprint density at radius 3 is 3.00 bits per heavy atom. The van der Waals surface area contributed by atoms with Crippen LogP contribution in [0.25, 0.3) is 0 Å². The molecular formula is C15H22N6O2. The minimum Gasteiger partial charge on any atom is -0.376 e. The summed E-state index contributed by atoms with van der Waals surface area (Å²) >= 11 is 0. The summed E-state index contributed by atoms with van der Waals surface area (Å²) in [5.41, 5.74) is 1.62. The lowest BCUT2D eigenvalue weighted by Gasteiger charge is -2.12. The van der Waals surface area contributed by atoms with Gasteiger partial charge in [-0.25, -0.2) is 4.79 Å². The van der Waals surface area contributed by atoms with Crippen molar-refractivity contribution in [3.05, 3.63) is 30.4 Å². The zero-order valence-electron chi connectivity index (χ0n) is 13.4. The summed E-state index contributed by atoms with van der Waals surface area (Å²) in [6.07, 6.45) is 9.47. The second kappa shape index (κ2) is 6.82. The third kappa shape index (κ3) is 4.10. The second-order valence-electron chi connectivity index (χ2n) is 5.85. The topological polar surface area (TPSA) is 86.0 Å². The van der Waals surface area contributed by atoms with E-state index in [-0.39, 0.29) is 18.2 Å². The molecule has 1 aliphatic rings. The number of anilines is 1. The first-order valence-corrected chi connectivity index (χ1v) is 7.80. The van der Waals surface area contributed by atoms with Gasteiger partial charge in [-0.05, 0) is 19.8 Å². The molecule has 8 heteroatoms. The van der Waals surface area contributed by atoms with Crippen LogP contribution >= 0.6 is 0 Å². The second-order valence-corrected chi connectivity index (χ2v) is 5.85. The number of hydrogen-bond acceptors (Lipinski definition) is 4. The third-order valence-corrected chi connectivity index (χ3v) is 3.88. The maximum absolute atomic E-state index is 12.0. The molecular weight excluding hydrogens is 296 g/mol. The number of amides is 2. The molecule has 0 spiro atoms. The molecule has 2 aromatic rings. The average molecular weight is 318 g/mol. The van der Waals surface area contributed by atoms with Crippen molar-refractivity contribution >= 4 is 11.7 Å². The van der Waals surface area contributed by atoms with Crippen LogP contribution in [-0.2, 0) is 18.3 Å². The van der Waals surface area contributed by atoms with E-state index in [1.165, 1.54) is 0 Å². The quantitative estimate of drug-likeness (QED) is 0.878. The molecule has 1 aliphatic heterocycles. The van der Waals surface area contributed by atoms with Gasteiger partial charge in [0.05, 0.1) is 36.8 Å². The molecule has 23 heavy (non-hydrogen) atoms. The molecule has 3 rings (SSSR count). The highest BCUT2D eigenvalue weighted by Gasteiger charge is 2.17. The molecule has 1 fully saturated rings. The van der Waals surface area contributed by atoms with Crippen LogP contribution < -0.4 is 10.6 Å². The fraction of sp³-hybridized carbons (Fsp3) is 0.533. The van der Waals surface area contributed by atoms with Gasteiger partial charge in [-0.2, -0.15) is 10.2 Å². The zero-order chi connectivity index (χ0) is 16.2. The number of carbonyl (C=O) groups excluding carboxylic acids is 1. The van der Waals surface area contributed by atoms with Crippen molar-refractivity contribution < 1.29 is 9.53 Å². The Hall–Kier alpha value is -2.35. The van der Waals surface area contributed by atoms with Gasteiger partial charge in [-0.15, -0.1) is 0 Å². The van der Waals surface area contributed by atoms with Gasteiger partial charge in [0.2, 0.25) is 0 Å². The number of hydrogen-bond donors (Lipinski definition) is 2. The van der Waals surface area contributed by atoms with E-state index in [1.807, 2.05) is 26.4 Å². The normalized spacial score (nSPS) is 18.8.